The Morgan fingerprint density at radius 1 is 1.20 bits per heavy atom. The number of nitrogens with zero attached hydrogens (tertiary/aromatic N) is 2. The fourth-order valence-electron chi connectivity index (χ4n) is 2.78. The molecule has 1 aromatic heterocycles. The van der Waals surface area contributed by atoms with Crippen LogP contribution in [0.5, 0.6) is 5.75 Å². The number of ether oxygens (including phenoxy) is 1. The number of carbonyl (C=O) groups is 1. The Bertz CT molecular complexity index is 1040. The maximum Gasteiger partial charge on any atom is 0.277 e. The quantitative estimate of drug-likeness (QED) is 0.398. The molecule has 30 heavy (non-hydrogen) atoms. The van der Waals surface area contributed by atoms with Crippen LogP contribution in [0.2, 0.25) is 0 Å². The third kappa shape index (κ3) is 6.09. The first-order valence-corrected chi connectivity index (χ1v) is 11.3. The molecule has 0 saturated carbocycles. The van der Waals surface area contributed by atoms with Gasteiger partial charge in [-0.05, 0) is 60.7 Å². The van der Waals surface area contributed by atoms with Crippen molar-refractivity contribution in [3.05, 3.63) is 63.5 Å². The summed E-state index contributed by atoms with van der Waals surface area (Å²) in [6.07, 6.45) is 0. The van der Waals surface area contributed by atoms with Gasteiger partial charge in [0.25, 0.3) is 11.1 Å². The van der Waals surface area contributed by atoms with Crippen molar-refractivity contribution in [1.29, 1.82) is 0 Å². The number of aryl methyl sites for hydroxylation is 2. The monoisotopic (exact) mass is 489 g/mol. The SMILES string of the molecule is Cc1ccc(C(C)C)c(OCc2nnc(SCC(=O)Nc3ccc(Br)c(C)c3)o2)c1. The number of benzene rings is 2. The molecule has 3 rings (SSSR count). The Labute approximate surface area is 188 Å². The van der Waals surface area contributed by atoms with Gasteiger partial charge in [-0.15, -0.1) is 10.2 Å². The summed E-state index contributed by atoms with van der Waals surface area (Å²) >= 11 is 4.64. The summed E-state index contributed by atoms with van der Waals surface area (Å²) in [6, 6.07) is 11.8. The Morgan fingerprint density at radius 3 is 2.73 bits per heavy atom. The lowest BCUT2D eigenvalue weighted by Gasteiger charge is -2.13. The lowest BCUT2D eigenvalue weighted by atomic mass is 10.0. The average Bonchev–Trinajstić information content (AvgIpc) is 3.15. The molecule has 0 radical (unpaired) electrons. The fourth-order valence-corrected chi connectivity index (χ4v) is 3.61. The van der Waals surface area contributed by atoms with Crippen LogP contribution in [-0.2, 0) is 11.4 Å². The fraction of sp³-hybridized carbons (Fsp3) is 0.318. The minimum Gasteiger partial charge on any atom is -0.484 e. The predicted octanol–water partition coefficient (Wildman–Crippen LogP) is 5.88. The van der Waals surface area contributed by atoms with Crippen molar-refractivity contribution in [2.75, 3.05) is 11.1 Å². The Hall–Kier alpha value is -2.32. The van der Waals surface area contributed by atoms with Gasteiger partial charge in [-0.3, -0.25) is 4.79 Å². The van der Waals surface area contributed by atoms with Gasteiger partial charge in [0.1, 0.15) is 5.75 Å². The summed E-state index contributed by atoms with van der Waals surface area (Å²) < 4.78 is 12.5. The third-order valence-corrected chi connectivity index (χ3v) is 6.07. The average molecular weight is 490 g/mol. The number of aromatic nitrogens is 2. The Morgan fingerprint density at radius 2 is 2.00 bits per heavy atom. The number of nitrogens with one attached hydrogen (secondary N) is 1. The molecule has 3 aromatic rings. The molecular weight excluding hydrogens is 466 g/mol. The molecule has 1 N–H and O–H groups in total. The molecule has 0 unspecified atom stereocenters. The van der Waals surface area contributed by atoms with E-state index in [1.807, 2.05) is 38.1 Å². The van der Waals surface area contributed by atoms with Gasteiger partial charge in [0.15, 0.2) is 6.61 Å². The molecule has 0 fully saturated rings. The molecule has 158 valence electrons. The van der Waals surface area contributed by atoms with Gasteiger partial charge in [0, 0.05) is 10.2 Å². The van der Waals surface area contributed by atoms with E-state index in [0.29, 0.717) is 17.0 Å². The van der Waals surface area contributed by atoms with E-state index in [1.165, 1.54) is 11.8 Å². The van der Waals surface area contributed by atoms with Crippen molar-refractivity contribution in [1.82, 2.24) is 10.2 Å². The molecule has 0 aliphatic carbocycles. The predicted molar refractivity (Wildman–Crippen MR) is 122 cm³/mol. The van der Waals surface area contributed by atoms with Gasteiger partial charge >= 0.3 is 0 Å². The van der Waals surface area contributed by atoms with Gasteiger partial charge in [-0.1, -0.05) is 53.7 Å². The highest BCUT2D eigenvalue weighted by Crippen LogP contribution is 2.28. The van der Waals surface area contributed by atoms with Crippen LogP contribution in [0, 0.1) is 13.8 Å². The number of hydrogen-bond donors (Lipinski definition) is 1. The number of thioether (sulfide) groups is 1. The topological polar surface area (TPSA) is 77.2 Å². The van der Waals surface area contributed by atoms with Crippen LogP contribution in [0.1, 0.15) is 42.3 Å². The lowest BCUT2D eigenvalue weighted by Crippen LogP contribution is -2.14. The molecule has 0 bridgehead atoms. The first-order chi connectivity index (χ1) is 14.3. The third-order valence-electron chi connectivity index (χ3n) is 4.36. The summed E-state index contributed by atoms with van der Waals surface area (Å²) in [5, 5.41) is 11.2. The molecule has 0 saturated heterocycles. The smallest absolute Gasteiger partial charge is 0.277 e. The van der Waals surface area contributed by atoms with Crippen molar-refractivity contribution in [2.24, 2.45) is 0 Å². The molecular formula is C22H24BrN3O3S. The van der Waals surface area contributed by atoms with E-state index in [-0.39, 0.29) is 18.3 Å². The number of rotatable bonds is 8. The molecule has 0 atom stereocenters. The highest BCUT2D eigenvalue weighted by atomic mass is 79.9. The first-order valence-electron chi connectivity index (χ1n) is 9.56. The minimum atomic E-state index is -0.140. The van der Waals surface area contributed by atoms with E-state index in [9.17, 15) is 4.79 Å². The first kappa shape index (κ1) is 22.4. The zero-order valence-corrected chi connectivity index (χ0v) is 19.8. The molecule has 0 aliphatic heterocycles. The molecule has 0 spiro atoms. The molecule has 2 aromatic carbocycles. The van der Waals surface area contributed by atoms with Gasteiger partial charge < -0.3 is 14.5 Å². The maximum atomic E-state index is 12.2. The Balaban J connectivity index is 1.52. The van der Waals surface area contributed by atoms with Crippen LogP contribution in [0.3, 0.4) is 0 Å². The highest BCUT2D eigenvalue weighted by Gasteiger charge is 2.13. The van der Waals surface area contributed by atoms with Gasteiger partial charge in [0.05, 0.1) is 5.75 Å². The van der Waals surface area contributed by atoms with Crippen LogP contribution >= 0.6 is 27.7 Å². The van der Waals surface area contributed by atoms with Gasteiger partial charge in [-0.2, -0.15) is 0 Å². The van der Waals surface area contributed by atoms with E-state index in [1.54, 1.807) is 0 Å². The number of amides is 1. The van der Waals surface area contributed by atoms with E-state index in [0.717, 1.165) is 32.6 Å². The summed E-state index contributed by atoms with van der Waals surface area (Å²) in [7, 11) is 0. The normalized spacial score (nSPS) is 11.0. The number of anilines is 1. The van der Waals surface area contributed by atoms with Gasteiger partial charge in [-0.25, -0.2) is 0 Å². The van der Waals surface area contributed by atoms with E-state index < -0.39 is 0 Å². The van der Waals surface area contributed by atoms with E-state index >= 15 is 0 Å². The molecule has 1 heterocycles. The largest absolute Gasteiger partial charge is 0.484 e. The van der Waals surface area contributed by atoms with Gasteiger partial charge in [0.2, 0.25) is 5.91 Å². The van der Waals surface area contributed by atoms with Crippen molar-refractivity contribution in [2.45, 2.75) is 45.4 Å². The molecule has 8 heteroatoms. The maximum absolute atomic E-state index is 12.2. The summed E-state index contributed by atoms with van der Waals surface area (Å²) in [5.41, 5.74) is 4.06. The summed E-state index contributed by atoms with van der Waals surface area (Å²) in [6.45, 7) is 8.43. The second-order valence-corrected chi connectivity index (χ2v) is 9.03. The molecule has 1 amide bonds. The minimum absolute atomic E-state index is 0.140. The lowest BCUT2D eigenvalue weighted by molar-refractivity contribution is -0.113. The van der Waals surface area contributed by atoms with Crippen molar-refractivity contribution in [3.8, 4) is 5.75 Å². The standard InChI is InChI=1S/C22H24BrN3O3S/c1-13(2)17-7-5-14(3)9-19(17)28-11-21-25-26-22(29-21)30-12-20(27)24-16-6-8-18(23)15(4)10-16/h5-10,13H,11-12H2,1-4H3,(H,24,27). The van der Waals surface area contributed by atoms with E-state index in [4.69, 9.17) is 9.15 Å². The second-order valence-electron chi connectivity index (χ2n) is 7.25. The summed E-state index contributed by atoms with van der Waals surface area (Å²) in [4.78, 5) is 12.2. The van der Waals surface area contributed by atoms with Crippen LogP contribution in [0.4, 0.5) is 5.69 Å². The van der Waals surface area contributed by atoms with Crippen LogP contribution < -0.4 is 10.1 Å². The number of hydrogen-bond acceptors (Lipinski definition) is 6. The summed E-state index contributed by atoms with van der Waals surface area (Å²) in [5.74, 6) is 1.58. The van der Waals surface area contributed by atoms with Crippen LogP contribution in [0.15, 0.2) is 50.5 Å². The molecule has 0 aliphatic rings. The Kier molecular flexibility index (Phi) is 7.55. The number of halogens is 1. The van der Waals surface area contributed by atoms with Crippen molar-refractivity contribution in [3.63, 3.8) is 0 Å². The molecule has 6 nitrogen and oxygen atoms in total. The second kappa shape index (κ2) is 10.1. The van der Waals surface area contributed by atoms with Crippen LogP contribution in [-0.4, -0.2) is 21.9 Å². The van der Waals surface area contributed by atoms with Crippen molar-refractivity contribution >= 4 is 39.3 Å². The van der Waals surface area contributed by atoms with E-state index in [2.05, 4.69) is 57.4 Å². The zero-order valence-electron chi connectivity index (χ0n) is 17.4. The van der Waals surface area contributed by atoms with Crippen molar-refractivity contribution < 1.29 is 13.9 Å². The zero-order chi connectivity index (χ0) is 21.7. The highest BCUT2D eigenvalue weighted by molar-refractivity contribution is 9.10. The van der Waals surface area contributed by atoms with Crippen LogP contribution in [0.25, 0.3) is 0 Å². The number of carbonyl (C=O) groups excluding carboxylic acids is 1.